The van der Waals surface area contributed by atoms with Crippen molar-refractivity contribution in [1.82, 2.24) is 0 Å². The van der Waals surface area contributed by atoms with Crippen molar-refractivity contribution in [3.05, 3.63) is 146 Å². The van der Waals surface area contributed by atoms with Crippen LogP contribution in [0.4, 0.5) is 0 Å². The Morgan fingerprint density at radius 2 is 0.695 bits per heavy atom. The molecular weight excluding hydrogens is 1040 g/mol. The van der Waals surface area contributed by atoms with Gasteiger partial charge in [-0.25, -0.2) is 4.57 Å². The van der Waals surface area contributed by atoms with Gasteiger partial charge in [-0.1, -0.05) is 256 Å². The fourth-order valence-corrected chi connectivity index (χ4v) is 9.11. The van der Waals surface area contributed by atoms with E-state index in [1.54, 1.807) is 0 Å². The number of allylic oxidation sites excluding steroid dienone is 24. The maximum atomic E-state index is 12.8. The Labute approximate surface area is 503 Å². The number of hydrogen-bond acceptors (Lipinski definition) is 7. The molecule has 0 fully saturated rings. The predicted molar refractivity (Wildman–Crippen MR) is 353 cm³/mol. The van der Waals surface area contributed by atoms with E-state index >= 15 is 0 Å². The Balaban J connectivity index is 4.23. The highest BCUT2D eigenvalue weighted by atomic mass is 31.2. The second-order valence-electron chi connectivity index (χ2n) is 22.4. The van der Waals surface area contributed by atoms with Crippen molar-refractivity contribution in [3.8, 4) is 0 Å². The number of phosphoric acid groups is 1. The fourth-order valence-electron chi connectivity index (χ4n) is 8.37. The quantitative estimate of drug-likeness (QED) is 0.0211. The van der Waals surface area contributed by atoms with Gasteiger partial charge in [-0.3, -0.25) is 18.6 Å². The average molecular weight is 1160 g/mol. The van der Waals surface area contributed by atoms with Crippen molar-refractivity contribution in [1.29, 1.82) is 0 Å². The van der Waals surface area contributed by atoms with Gasteiger partial charge >= 0.3 is 19.8 Å². The Morgan fingerprint density at radius 3 is 1.06 bits per heavy atom. The SMILES string of the molecule is CC/C=C\C/C=C\C/C=C\C/C=C\C/C=C\C/C=C\C/C=C\C/C=C\C/C=C\C/C=C\C/C=C\CCCCCC(=O)OC(COC(=O)CCCCCCCCCCC/C=C\CCCCCCCCCC)COP(=O)(O)OCC[N+](C)(C)C. The minimum Gasteiger partial charge on any atom is -0.462 e. The van der Waals surface area contributed by atoms with Crippen LogP contribution in [-0.2, 0) is 32.7 Å². The van der Waals surface area contributed by atoms with Crippen LogP contribution in [0.2, 0.25) is 0 Å². The van der Waals surface area contributed by atoms with Gasteiger partial charge in [0.2, 0.25) is 0 Å². The summed E-state index contributed by atoms with van der Waals surface area (Å²) in [5, 5.41) is 0. The van der Waals surface area contributed by atoms with Gasteiger partial charge in [-0.2, -0.15) is 0 Å². The molecule has 0 heterocycles. The lowest BCUT2D eigenvalue weighted by Crippen LogP contribution is -2.37. The second-order valence-corrected chi connectivity index (χ2v) is 23.9. The molecule has 0 aromatic heterocycles. The number of carbonyl (C=O) groups is 2. The van der Waals surface area contributed by atoms with Crippen molar-refractivity contribution in [2.45, 2.75) is 251 Å². The third-order valence-corrected chi connectivity index (χ3v) is 14.3. The third-order valence-electron chi connectivity index (χ3n) is 13.4. The van der Waals surface area contributed by atoms with E-state index in [-0.39, 0.29) is 32.0 Å². The highest BCUT2D eigenvalue weighted by Gasteiger charge is 2.27. The first-order chi connectivity index (χ1) is 40.0. The maximum Gasteiger partial charge on any atom is 0.472 e. The predicted octanol–water partition coefficient (Wildman–Crippen LogP) is 21.0. The summed E-state index contributed by atoms with van der Waals surface area (Å²) in [6.07, 6.45) is 90.8. The van der Waals surface area contributed by atoms with E-state index in [1.165, 1.54) is 103 Å². The fraction of sp³-hybridized carbons (Fsp3) is 0.639. The molecule has 9 nitrogen and oxygen atoms in total. The number of rotatable bonds is 58. The van der Waals surface area contributed by atoms with Gasteiger partial charge in [-0.05, 0) is 122 Å². The van der Waals surface area contributed by atoms with Crippen LogP contribution >= 0.6 is 7.82 Å². The zero-order chi connectivity index (χ0) is 59.8. The number of carbonyl (C=O) groups excluding carboxylic acids is 2. The number of likely N-dealkylation sites (N-methyl/N-ethyl adjacent to an activating group) is 1. The van der Waals surface area contributed by atoms with Crippen LogP contribution in [0.5, 0.6) is 0 Å². The molecule has 10 heteroatoms. The molecule has 0 bridgehead atoms. The molecule has 82 heavy (non-hydrogen) atoms. The zero-order valence-corrected chi connectivity index (χ0v) is 53.8. The molecule has 0 aromatic carbocycles. The van der Waals surface area contributed by atoms with E-state index in [0.29, 0.717) is 17.4 Å². The molecule has 0 saturated heterocycles. The van der Waals surface area contributed by atoms with Crippen molar-refractivity contribution in [2.75, 3.05) is 47.5 Å². The Bertz CT molecular complexity index is 1890. The molecule has 1 N–H and O–H groups in total. The molecular formula is C72H121NO8P+. The van der Waals surface area contributed by atoms with E-state index in [2.05, 4.69) is 160 Å². The molecule has 0 radical (unpaired) electrons. The van der Waals surface area contributed by atoms with Crippen molar-refractivity contribution in [2.24, 2.45) is 0 Å². The molecule has 0 rings (SSSR count). The highest BCUT2D eigenvalue weighted by molar-refractivity contribution is 7.47. The highest BCUT2D eigenvalue weighted by Crippen LogP contribution is 2.43. The second kappa shape index (κ2) is 61.5. The van der Waals surface area contributed by atoms with Crippen LogP contribution in [0.15, 0.2) is 146 Å². The van der Waals surface area contributed by atoms with Gasteiger partial charge in [-0.15, -0.1) is 0 Å². The van der Waals surface area contributed by atoms with E-state index in [0.717, 1.165) is 109 Å². The Morgan fingerprint density at radius 1 is 0.390 bits per heavy atom. The number of hydrogen-bond donors (Lipinski definition) is 1. The van der Waals surface area contributed by atoms with Gasteiger partial charge in [0.15, 0.2) is 6.10 Å². The van der Waals surface area contributed by atoms with Crippen LogP contribution in [0, 0.1) is 0 Å². The normalized spacial score (nSPS) is 14.2. The van der Waals surface area contributed by atoms with Crippen LogP contribution in [0.1, 0.15) is 245 Å². The number of nitrogens with zero attached hydrogens (tertiary/aromatic N) is 1. The lowest BCUT2D eigenvalue weighted by molar-refractivity contribution is -0.870. The summed E-state index contributed by atoms with van der Waals surface area (Å²) in [5.74, 6) is -0.845. The first-order valence-electron chi connectivity index (χ1n) is 32.6. The number of ether oxygens (including phenoxy) is 2. The summed E-state index contributed by atoms with van der Waals surface area (Å²) in [6, 6.07) is 0. The van der Waals surface area contributed by atoms with E-state index in [4.69, 9.17) is 18.5 Å². The molecule has 0 aliphatic rings. The lowest BCUT2D eigenvalue weighted by atomic mass is 10.1. The number of unbranched alkanes of at least 4 members (excludes halogenated alkanes) is 20. The van der Waals surface area contributed by atoms with Gasteiger partial charge in [0.05, 0.1) is 27.7 Å². The maximum absolute atomic E-state index is 12.8. The van der Waals surface area contributed by atoms with Crippen LogP contribution < -0.4 is 0 Å². The first-order valence-corrected chi connectivity index (χ1v) is 34.1. The molecule has 0 amide bonds. The zero-order valence-electron chi connectivity index (χ0n) is 52.9. The summed E-state index contributed by atoms with van der Waals surface area (Å²) in [5.41, 5.74) is 0. The standard InChI is InChI=1S/C72H120NO8P/c1-6-8-10-12-14-16-18-20-22-24-26-28-29-30-31-32-33-34-35-36-37-38-39-40-41-42-43-45-47-49-51-53-55-57-59-61-63-65-72(75)81-70(69-80-82(76,77)79-67-66-73(3,4)5)68-78-71(74)64-62-60-58-56-54-52-50-48-46-44-27-25-23-21-19-17-15-13-11-9-7-2/h8,10,14,16,20,22,25-28,30-31,33-34,36-37,39-40,42-43,47,49,53,55,70H,6-7,9,11-13,15,17-19,21,23-24,29,32,35,38,41,44-46,48,50-52,54,56-69H2,1-5H3/p+1/b10-8-,16-14-,22-20-,27-25-,28-26-,31-30-,34-33-,37-36-,40-39-,43-42-,49-47-,55-53-. The molecule has 0 saturated carbocycles. The minimum absolute atomic E-state index is 0.0172. The Kier molecular flexibility index (Phi) is 58.4. The van der Waals surface area contributed by atoms with Crippen LogP contribution in [0.3, 0.4) is 0 Å². The van der Waals surface area contributed by atoms with Crippen LogP contribution in [0.25, 0.3) is 0 Å². The topological polar surface area (TPSA) is 108 Å². The summed E-state index contributed by atoms with van der Waals surface area (Å²) in [7, 11) is 1.44. The molecule has 2 unspecified atom stereocenters. The van der Waals surface area contributed by atoms with E-state index in [1.807, 2.05) is 21.1 Å². The summed E-state index contributed by atoms with van der Waals surface area (Å²) in [4.78, 5) is 35.8. The van der Waals surface area contributed by atoms with Crippen molar-refractivity contribution >= 4 is 19.8 Å². The number of quaternary nitrogens is 1. The number of esters is 2. The third kappa shape index (κ3) is 65.0. The minimum atomic E-state index is -4.41. The summed E-state index contributed by atoms with van der Waals surface area (Å²) in [6.45, 7) is 4.27. The van der Waals surface area contributed by atoms with E-state index < -0.39 is 26.5 Å². The Hall–Kier alpha value is -4.11. The van der Waals surface area contributed by atoms with Gasteiger partial charge in [0.1, 0.15) is 19.8 Å². The first kappa shape index (κ1) is 77.9. The summed E-state index contributed by atoms with van der Waals surface area (Å²) >= 11 is 0. The van der Waals surface area contributed by atoms with Crippen molar-refractivity contribution in [3.63, 3.8) is 0 Å². The molecule has 0 spiro atoms. The molecule has 0 aliphatic heterocycles. The van der Waals surface area contributed by atoms with Crippen LogP contribution in [-0.4, -0.2) is 74.9 Å². The largest absolute Gasteiger partial charge is 0.472 e. The molecule has 466 valence electrons. The lowest BCUT2D eigenvalue weighted by Gasteiger charge is -2.24. The molecule has 2 atom stereocenters. The van der Waals surface area contributed by atoms with Crippen molar-refractivity contribution < 1.29 is 42.1 Å². The van der Waals surface area contributed by atoms with Gasteiger partial charge in [0.25, 0.3) is 0 Å². The van der Waals surface area contributed by atoms with Gasteiger partial charge in [0, 0.05) is 12.8 Å². The molecule has 0 aromatic rings. The summed E-state index contributed by atoms with van der Waals surface area (Å²) < 4.78 is 34.6. The molecule has 0 aliphatic carbocycles. The number of phosphoric ester groups is 1. The van der Waals surface area contributed by atoms with Gasteiger partial charge < -0.3 is 18.9 Å². The average Bonchev–Trinajstić information content (AvgIpc) is 3.46. The smallest absolute Gasteiger partial charge is 0.462 e. The van der Waals surface area contributed by atoms with E-state index in [9.17, 15) is 19.0 Å². The monoisotopic (exact) mass is 1160 g/mol.